The molecule has 0 saturated heterocycles. The number of nitrogens with zero attached hydrogens (tertiary/aromatic N) is 3. The van der Waals surface area contributed by atoms with Crippen molar-refractivity contribution in [3.8, 4) is 6.07 Å². The van der Waals surface area contributed by atoms with Gasteiger partial charge in [-0.25, -0.2) is 4.98 Å². The Balaban J connectivity index is 1.68. The predicted octanol–water partition coefficient (Wildman–Crippen LogP) is 3.39. The van der Waals surface area contributed by atoms with E-state index in [1.807, 2.05) is 48.9 Å². The lowest BCUT2D eigenvalue weighted by Crippen LogP contribution is -2.04. The number of hydrogen-bond acceptors (Lipinski definition) is 2. The van der Waals surface area contributed by atoms with Gasteiger partial charge < -0.3 is 4.57 Å². The highest BCUT2D eigenvalue weighted by atomic mass is 15.0. The molecule has 2 aromatic carbocycles. The minimum atomic E-state index is 0.690. The second-order valence-electron chi connectivity index (χ2n) is 5.23. The average Bonchev–Trinajstić information content (AvgIpc) is 3.02. The van der Waals surface area contributed by atoms with Crippen LogP contribution < -0.4 is 0 Å². The van der Waals surface area contributed by atoms with Crippen molar-refractivity contribution in [1.29, 1.82) is 5.26 Å². The molecule has 1 aromatic heterocycles. The molecule has 3 nitrogen and oxygen atoms in total. The molecule has 1 radical (unpaired) electrons. The molecule has 0 bridgehead atoms. The van der Waals surface area contributed by atoms with Crippen molar-refractivity contribution >= 4 is 0 Å². The Morgan fingerprint density at radius 1 is 1.00 bits per heavy atom. The summed E-state index contributed by atoms with van der Waals surface area (Å²) >= 11 is 0. The first-order valence-electron chi connectivity index (χ1n) is 7.28. The molecule has 0 aliphatic rings. The maximum Gasteiger partial charge on any atom is 0.0991 e. The van der Waals surface area contributed by atoms with Crippen LogP contribution in [0.1, 0.15) is 22.4 Å². The third-order valence-electron chi connectivity index (χ3n) is 3.69. The molecule has 0 unspecified atom stereocenters. The van der Waals surface area contributed by atoms with E-state index in [1.165, 1.54) is 16.8 Å². The van der Waals surface area contributed by atoms with Crippen LogP contribution in [0.5, 0.6) is 0 Å². The van der Waals surface area contributed by atoms with E-state index in [0.29, 0.717) is 5.56 Å². The number of aryl methyl sites for hydroxylation is 2. The van der Waals surface area contributed by atoms with Gasteiger partial charge in [0.05, 0.1) is 18.0 Å². The molecule has 1 heterocycles. The van der Waals surface area contributed by atoms with Gasteiger partial charge in [-0.1, -0.05) is 36.4 Å². The summed E-state index contributed by atoms with van der Waals surface area (Å²) in [5, 5.41) is 8.84. The minimum Gasteiger partial charge on any atom is -0.330 e. The second kappa shape index (κ2) is 6.73. The van der Waals surface area contributed by atoms with Gasteiger partial charge in [0, 0.05) is 18.4 Å². The van der Waals surface area contributed by atoms with Crippen molar-refractivity contribution in [2.45, 2.75) is 19.4 Å². The highest BCUT2D eigenvalue weighted by molar-refractivity contribution is 5.31. The SMILES string of the molecule is N#Cc1ccc(Cn2cncc2CCc2cc[c]cc2)cc1. The molecule has 3 aromatic rings. The van der Waals surface area contributed by atoms with Gasteiger partial charge in [-0.2, -0.15) is 5.26 Å². The molecule has 3 rings (SSSR count). The lowest BCUT2D eigenvalue weighted by atomic mass is 10.1. The fourth-order valence-corrected chi connectivity index (χ4v) is 2.44. The first-order chi connectivity index (χ1) is 10.8. The average molecular weight is 286 g/mol. The first kappa shape index (κ1) is 14.1. The topological polar surface area (TPSA) is 41.6 Å². The van der Waals surface area contributed by atoms with Crippen molar-refractivity contribution in [3.05, 3.63) is 89.5 Å². The van der Waals surface area contributed by atoms with E-state index in [-0.39, 0.29) is 0 Å². The van der Waals surface area contributed by atoms with Gasteiger partial charge in [-0.15, -0.1) is 0 Å². The van der Waals surface area contributed by atoms with Crippen LogP contribution in [0.3, 0.4) is 0 Å². The molecule has 0 aliphatic carbocycles. The molecule has 0 fully saturated rings. The maximum absolute atomic E-state index is 8.84. The van der Waals surface area contributed by atoms with Crippen LogP contribution in [0.25, 0.3) is 0 Å². The number of aromatic nitrogens is 2. The summed E-state index contributed by atoms with van der Waals surface area (Å²) in [6.45, 7) is 0.781. The van der Waals surface area contributed by atoms with Crippen LogP contribution in [0.15, 0.2) is 61.1 Å². The summed E-state index contributed by atoms with van der Waals surface area (Å²) in [6, 6.07) is 21.0. The van der Waals surface area contributed by atoms with Gasteiger partial charge in [0.15, 0.2) is 0 Å². The van der Waals surface area contributed by atoms with Crippen LogP contribution in [0.4, 0.5) is 0 Å². The van der Waals surface area contributed by atoms with Gasteiger partial charge in [-0.05, 0) is 42.2 Å². The van der Waals surface area contributed by atoms with Crippen molar-refractivity contribution in [2.24, 2.45) is 0 Å². The quantitative estimate of drug-likeness (QED) is 0.721. The van der Waals surface area contributed by atoms with Crippen molar-refractivity contribution < 1.29 is 0 Å². The smallest absolute Gasteiger partial charge is 0.0991 e. The molecular weight excluding hydrogens is 270 g/mol. The Labute approximate surface area is 130 Å². The van der Waals surface area contributed by atoms with Crippen LogP contribution >= 0.6 is 0 Å². The van der Waals surface area contributed by atoms with Crippen LogP contribution in [0.2, 0.25) is 0 Å². The van der Waals surface area contributed by atoms with E-state index in [9.17, 15) is 0 Å². The largest absolute Gasteiger partial charge is 0.330 e. The fraction of sp³-hybridized carbons (Fsp3) is 0.158. The number of benzene rings is 2. The van der Waals surface area contributed by atoms with E-state index < -0.39 is 0 Å². The zero-order chi connectivity index (χ0) is 15.2. The third-order valence-corrected chi connectivity index (χ3v) is 3.69. The Morgan fingerprint density at radius 3 is 2.50 bits per heavy atom. The Bertz CT molecular complexity index is 764. The zero-order valence-electron chi connectivity index (χ0n) is 12.2. The summed E-state index contributed by atoms with van der Waals surface area (Å²) in [5.41, 5.74) is 4.39. The number of nitriles is 1. The van der Waals surface area contributed by atoms with Gasteiger partial charge >= 0.3 is 0 Å². The van der Waals surface area contributed by atoms with E-state index in [4.69, 9.17) is 5.26 Å². The highest BCUT2D eigenvalue weighted by Gasteiger charge is 2.04. The molecule has 0 aliphatic heterocycles. The summed E-state index contributed by atoms with van der Waals surface area (Å²) in [7, 11) is 0. The minimum absolute atomic E-state index is 0.690. The third kappa shape index (κ3) is 3.42. The summed E-state index contributed by atoms with van der Waals surface area (Å²) < 4.78 is 2.16. The number of imidazole rings is 1. The van der Waals surface area contributed by atoms with E-state index in [2.05, 4.69) is 33.8 Å². The summed E-state index contributed by atoms with van der Waals surface area (Å²) in [5.74, 6) is 0. The highest BCUT2D eigenvalue weighted by Crippen LogP contribution is 2.11. The molecule has 107 valence electrons. The Kier molecular flexibility index (Phi) is 4.31. The van der Waals surface area contributed by atoms with E-state index >= 15 is 0 Å². The van der Waals surface area contributed by atoms with Crippen LogP contribution in [-0.4, -0.2) is 9.55 Å². The van der Waals surface area contributed by atoms with E-state index in [0.717, 1.165) is 19.4 Å². The normalized spacial score (nSPS) is 10.3. The standard InChI is InChI=1S/C19H16N3/c20-12-17-6-8-18(9-7-17)14-22-15-21-13-19(22)11-10-16-4-2-1-3-5-16/h2-9,13,15H,10-11,14H2. The monoisotopic (exact) mass is 286 g/mol. The zero-order valence-corrected chi connectivity index (χ0v) is 12.2. The van der Waals surface area contributed by atoms with Crippen LogP contribution in [-0.2, 0) is 19.4 Å². The van der Waals surface area contributed by atoms with Gasteiger partial charge in [-0.3, -0.25) is 0 Å². The lowest BCUT2D eigenvalue weighted by Gasteiger charge is -2.08. The number of rotatable bonds is 5. The Morgan fingerprint density at radius 2 is 1.77 bits per heavy atom. The summed E-state index contributed by atoms with van der Waals surface area (Å²) in [4.78, 5) is 4.27. The van der Waals surface area contributed by atoms with Crippen molar-refractivity contribution in [3.63, 3.8) is 0 Å². The Hall–Kier alpha value is -2.86. The lowest BCUT2D eigenvalue weighted by molar-refractivity contribution is 0.729. The molecule has 0 N–H and O–H groups in total. The number of hydrogen-bond donors (Lipinski definition) is 0. The fourth-order valence-electron chi connectivity index (χ4n) is 2.44. The van der Waals surface area contributed by atoms with Gasteiger partial charge in [0.2, 0.25) is 0 Å². The molecule has 22 heavy (non-hydrogen) atoms. The predicted molar refractivity (Wildman–Crippen MR) is 85.2 cm³/mol. The molecule has 0 spiro atoms. The van der Waals surface area contributed by atoms with E-state index in [1.54, 1.807) is 0 Å². The molecular formula is C19H16N3. The molecule has 3 heteroatoms. The molecule has 0 atom stereocenters. The van der Waals surface area contributed by atoms with Crippen LogP contribution in [0, 0.1) is 17.4 Å². The first-order valence-corrected chi connectivity index (χ1v) is 7.28. The molecule has 0 amide bonds. The van der Waals surface area contributed by atoms with Crippen molar-refractivity contribution in [2.75, 3.05) is 0 Å². The summed E-state index contributed by atoms with van der Waals surface area (Å²) in [6.07, 6.45) is 5.75. The molecule has 0 saturated carbocycles. The van der Waals surface area contributed by atoms with Gasteiger partial charge in [0.25, 0.3) is 0 Å². The van der Waals surface area contributed by atoms with Crippen molar-refractivity contribution in [1.82, 2.24) is 9.55 Å². The van der Waals surface area contributed by atoms with Gasteiger partial charge in [0.1, 0.15) is 0 Å². The maximum atomic E-state index is 8.84. The second-order valence-corrected chi connectivity index (χ2v) is 5.23.